The number of benzene rings is 5. The van der Waals surface area contributed by atoms with Crippen LogP contribution >= 0.6 is 0 Å². The zero-order valence-electron chi connectivity index (χ0n) is 34.3. The zero-order valence-corrected chi connectivity index (χ0v) is 34.3. The standard InChI is InChI=1S/C50H52O7/c1-31(2)46(51)56-25-24-55-35-20-16-33(17-21-35)50(32-14-18-34(52-7)19-15-32)23-22-37-44-43(38-26-41(53-8)42(54-9)27-39(38)45(37)57-50)36-12-10-11-13-40(36)49(44)29-47(3,4)28-48(5,6)30-49/h10-23,26-27H,1,24-25,28-30H2,2-9H3. The third-order valence-corrected chi connectivity index (χ3v) is 12.0. The van der Waals surface area contributed by atoms with Gasteiger partial charge >= 0.3 is 5.97 Å². The van der Waals surface area contributed by atoms with Gasteiger partial charge in [0.25, 0.3) is 0 Å². The summed E-state index contributed by atoms with van der Waals surface area (Å²) in [5.41, 5.74) is 7.47. The topological polar surface area (TPSA) is 72.5 Å². The Morgan fingerprint density at radius 2 is 1.33 bits per heavy atom. The van der Waals surface area contributed by atoms with Crippen LogP contribution < -0.4 is 23.7 Å². The van der Waals surface area contributed by atoms with Gasteiger partial charge in [-0.3, -0.25) is 0 Å². The number of carbonyl (C=O) groups excluding carboxylic acids is 1. The van der Waals surface area contributed by atoms with Crippen molar-refractivity contribution in [1.82, 2.24) is 0 Å². The lowest BCUT2D eigenvalue weighted by molar-refractivity contribution is -0.139. The second-order valence-electron chi connectivity index (χ2n) is 17.4. The molecule has 2 aliphatic carbocycles. The number of methoxy groups -OCH3 is 3. The van der Waals surface area contributed by atoms with Crippen LogP contribution in [0.25, 0.3) is 28.0 Å². The molecule has 57 heavy (non-hydrogen) atoms. The van der Waals surface area contributed by atoms with Crippen molar-refractivity contribution in [3.63, 3.8) is 0 Å². The van der Waals surface area contributed by atoms with Crippen molar-refractivity contribution in [3.05, 3.63) is 131 Å². The molecule has 0 saturated heterocycles. The molecule has 1 unspecified atom stereocenters. The molecule has 7 nitrogen and oxygen atoms in total. The average Bonchev–Trinajstić information content (AvgIpc) is 3.45. The normalized spacial score (nSPS) is 19.2. The van der Waals surface area contributed by atoms with Crippen LogP contribution in [0.15, 0.2) is 103 Å². The summed E-state index contributed by atoms with van der Waals surface area (Å²) in [6.45, 7) is 15.3. The molecule has 3 aliphatic rings. The van der Waals surface area contributed by atoms with Gasteiger partial charge in [-0.15, -0.1) is 0 Å². The molecular weight excluding hydrogens is 713 g/mol. The second-order valence-corrected chi connectivity index (χ2v) is 17.4. The average molecular weight is 765 g/mol. The lowest BCUT2D eigenvalue weighted by Gasteiger charge is -2.52. The third kappa shape index (κ3) is 6.41. The molecule has 0 amide bonds. The maximum atomic E-state index is 11.9. The monoisotopic (exact) mass is 764 g/mol. The van der Waals surface area contributed by atoms with Crippen LogP contribution in [0.5, 0.6) is 28.7 Å². The Morgan fingerprint density at radius 1 is 0.737 bits per heavy atom. The van der Waals surface area contributed by atoms with Crippen LogP contribution in [-0.2, 0) is 20.5 Å². The smallest absolute Gasteiger partial charge is 0.333 e. The minimum Gasteiger partial charge on any atom is -0.497 e. The number of fused-ring (bicyclic) bond motifs is 10. The molecule has 1 aliphatic heterocycles. The van der Waals surface area contributed by atoms with E-state index in [-0.39, 0.29) is 29.5 Å². The predicted octanol–water partition coefficient (Wildman–Crippen LogP) is 11.2. The van der Waals surface area contributed by atoms with E-state index < -0.39 is 11.6 Å². The van der Waals surface area contributed by atoms with Gasteiger partial charge in [-0.05, 0) is 107 Å². The number of hydrogen-bond donors (Lipinski definition) is 0. The van der Waals surface area contributed by atoms with E-state index in [2.05, 4.69) is 95.0 Å². The Hall–Kier alpha value is -5.69. The molecule has 7 heteroatoms. The highest BCUT2D eigenvalue weighted by molar-refractivity contribution is 6.09. The Labute approximate surface area is 336 Å². The van der Waals surface area contributed by atoms with Gasteiger partial charge in [0.1, 0.15) is 30.5 Å². The summed E-state index contributed by atoms with van der Waals surface area (Å²) in [6, 6.07) is 29.2. The lowest BCUT2D eigenvalue weighted by Crippen LogP contribution is -2.44. The van der Waals surface area contributed by atoms with Gasteiger partial charge in [0.15, 0.2) is 17.1 Å². The maximum absolute atomic E-state index is 11.9. The zero-order chi connectivity index (χ0) is 40.3. The SMILES string of the molecule is C=C(C)C(=O)OCCOc1ccc(C2(c3ccc(OC)cc3)C=Cc3c4c(c5cc(OC)c(OC)cc5c3O2)-c2ccccc2C42CC(C)(C)CC(C)(C)C2)cc1. The minimum absolute atomic E-state index is 0.0953. The van der Waals surface area contributed by atoms with Crippen LogP contribution in [0.4, 0.5) is 0 Å². The molecule has 5 aromatic carbocycles. The van der Waals surface area contributed by atoms with E-state index in [1.54, 1.807) is 28.3 Å². The van der Waals surface area contributed by atoms with Gasteiger partial charge < -0.3 is 28.4 Å². The van der Waals surface area contributed by atoms with Crippen LogP contribution in [0.1, 0.15) is 81.7 Å². The third-order valence-electron chi connectivity index (χ3n) is 12.0. The molecule has 8 rings (SSSR count). The van der Waals surface area contributed by atoms with Gasteiger partial charge in [0, 0.05) is 33.1 Å². The molecule has 1 atom stereocenters. The molecule has 1 saturated carbocycles. The van der Waals surface area contributed by atoms with Gasteiger partial charge in [-0.25, -0.2) is 4.79 Å². The number of carbonyl (C=O) groups is 1. The quantitative estimate of drug-likeness (QED) is 0.0796. The van der Waals surface area contributed by atoms with Crippen molar-refractivity contribution in [1.29, 1.82) is 0 Å². The Kier molecular flexibility index (Phi) is 9.41. The number of rotatable bonds is 10. The van der Waals surface area contributed by atoms with Gasteiger partial charge in [0.2, 0.25) is 0 Å². The van der Waals surface area contributed by atoms with E-state index in [4.69, 9.17) is 28.4 Å². The van der Waals surface area contributed by atoms with E-state index in [1.807, 2.05) is 36.4 Å². The Bertz CT molecular complexity index is 2400. The largest absolute Gasteiger partial charge is 0.497 e. The van der Waals surface area contributed by atoms with E-state index in [1.165, 1.54) is 22.3 Å². The van der Waals surface area contributed by atoms with Crippen molar-refractivity contribution in [2.24, 2.45) is 10.8 Å². The number of esters is 1. The fraction of sp³-hybridized carbons (Fsp3) is 0.340. The Morgan fingerprint density at radius 3 is 1.93 bits per heavy atom. The molecule has 294 valence electrons. The van der Waals surface area contributed by atoms with Crippen molar-refractivity contribution in [2.45, 2.75) is 64.9 Å². The summed E-state index contributed by atoms with van der Waals surface area (Å²) in [5.74, 6) is 3.09. The first-order valence-electron chi connectivity index (χ1n) is 19.7. The molecule has 0 bridgehead atoms. The van der Waals surface area contributed by atoms with E-state index >= 15 is 0 Å². The van der Waals surface area contributed by atoms with E-state index in [0.717, 1.165) is 58.2 Å². The van der Waals surface area contributed by atoms with Gasteiger partial charge in [-0.2, -0.15) is 0 Å². The molecule has 1 heterocycles. The van der Waals surface area contributed by atoms with E-state index in [9.17, 15) is 4.79 Å². The fourth-order valence-electron chi connectivity index (χ4n) is 10.5. The summed E-state index contributed by atoms with van der Waals surface area (Å²) in [6.07, 6.45) is 7.70. The fourth-order valence-corrected chi connectivity index (χ4v) is 10.5. The maximum Gasteiger partial charge on any atom is 0.333 e. The number of ether oxygens (including phenoxy) is 6. The number of hydrogen-bond acceptors (Lipinski definition) is 7. The first-order valence-corrected chi connectivity index (χ1v) is 19.7. The molecule has 1 spiro atoms. The van der Waals surface area contributed by atoms with Crippen molar-refractivity contribution < 1.29 is 33.2 Å². The summed E-state index contributed by atoms with van der Waals surface area (Å²) < 4.78 is 36.4. The first-order chi connectivity index (χ1) is 27.2. The lowest BCUT2D eigenvalue weighted by atomic mass is 9.52. The van der Waals surface area contributed by atoms with Gasteiger partial charge in [0.05, 0.1) is 21.3 Å². The molecular formula is C50H52O7. The van der Waals surface area contributed by atoms with Crippen LogP contribution in [0.2, 0.25) is 0 Å². The first kappa shape index (κ1) is 38.2. The summed E-state index contributed by atoms with van der Waals surface area (Å²) in [7, 11) is 5.04. The van der Waals surface area contributed by atoms with Crippen LogP contribution in [0, 0.1) is 10.8 Å². The van der Waals surface area contributed by atoms with Crippen molar-refractivity contribution in [2.75, 3.05) is 34.5 Å². The highest BCUT2D eigenvalue weighted by Gasteiger charge is 2.55. The predicted molar refractivity (Wildman–Crippen MR) is 226 cm³/mol. The van der Waals surface area contributed by atoms with Crippen molar-refractivity contribution >= 4 is 22.8 Å². The van der Waals surface area contributed by atoms with Crippen LogP contribution in [-0.4, -0.2) is 40.5 Å². The highest BCUT2D eigenvalue weighted by atomic mass is 16.6. The molecule has 5 aromatic rings. The van der Waals surface area contributed by atoms with E-state index in [0.29, 0.717) is 22.8 Å². The Balaban J connectivity index is 1.35. The molecule has 1 fully saturated rings. The molecule has 0 N–H and O–H groups in total. The minimum atomic E-state index is -1.02. The van der Waals surface area contributed by atoms with Gasteiger partial charge in [-0.1, -0.05) is 88.9 Å². The van der Waals surface area contributed by atoms with Crippen molar-refractivity contribution in [3.8, 4) is 39.9 Å². The van der Waals surface area contributed by atoms with Crippen LogP contribution in [0.3, 0.4) is 0 Å². The summed E-state index contributed by atoms with van der Waals surface area (Å²) in [4.78, 5) is 11.9. The second kappa shape index (κ2) is 14.0. The molecule has 0 aromatic heterocycles. The summed E-state index contributed by atoms with van der Waals surface area (Å²) in [5, 5.41) is 2.02. The molecule has 0 radical (unpaired) electrons. The highest BCUT2D eigenvalue weighted by Crippen LogP contribution is 2.67. The summed E-state index contributed by atoms with van der Waals surface area (Å²) >= 11 is 0.